The van der Waals surface area contributed by atoms with Crippen LogP contribution in [0.5, 0.6) is 0 Å². The zero-order chi connectivity index (χ0) is 24.7. The van der Waals surface area contributed by atoms with Gasteiger partial charge in [0.25, 0.3) is 5.91 Å². The summed E-state index contributed by atoms with van der Waals surface area (Å²) in [6.07, 6.45) is -1.79. The smallest absolute Gasteiger partial charge is 0.433 e. The zero-order valence-electron chi connectivity index (χ0n) is 18.9. The first-order valence-corrected chi connectivity index (χ1v) is 11.8. The summed E-state index contributed by atoms with van der Waals surface area (Å²) in [4.78, 5) is 16.6. The molecule has 1 saturated carbocycles. The minimum Gasteiger partial charge on any atom is -0.451 e. The highest BCUT2D eigenvalue weighted by Crippen LogP contribution is 2.35. The first kappa shape index (κ1) is 23.5. The van der Waals surface area contributed by atoms with E-state index >= 15 is 0 Å². The van der Waals surface area contributed by atoms with Crippen molar-refractivity contribution in [2.45, 2.75) is 50.9 Å². The summed E-state index contributed by atoms with van der Waals surface area (Å²) >= 11 is 6.09. The van der Waals surface area contributed by atoms with Gasteiger partial charge in [0.05, 0.1) is 5.52 Å². The summed E-state index contributed by atoms with van der Waals surface area (Å²) in [5.41, 5.74) is 1.11. The number of nitrogens with one attached hydrogen (secondary N) is 2. The lowest BCUT2D eigenvalue weighted by Gasteiger charge is -2.30. The highest BCUT2D eigenvalue weighted by molar-refractivity contribution is 6.31. The van der Waals surface area contributed by atoms with Crippen LogP contribution < -0.4 is 10.6 Å². The molecule has 0 bridgehead atoms. The molecule has 182 valence electrons. The lowest BCUT2D eigenvalue weighted by Crippen LogP contribution is -2.40. The Kier molecular flexibility index (Phi) is 6.09. The van der Waals surface area contributed by atoms with Crippen molar-refractivity contribution in [2.24, 2.45) is 0 Å². The van der Waals surface area contributed by atoms with Gasteiger partial charge in [-0.15, -0.1) is 0 Å². The summed E-state index contributed by atoms with van der Waals surface area (Å²) in [5.74, 6) is 0.0611. The Balaban J connectivity index is 1.27. The summed E-state index contributed by atoms with van der Waals surface area (Å²) in [6.45, 7) is 1.86. The second-order valence-corrected chi connectivity index (χ2v) is 9.37. The molecule has 5 nitrogen and oxygen atoms in total. The lowest BCUT2D eigenvalue weighted by atomic mass is 9.90. The fraction of sp³-hybridized carbons (Fsp3) is 0.308. The number of carbonyl (C=O) groups excluding carboxylic acids is 1. The molecule has 0 radical (unpaired) electrons. The number of para-hydroxylation sites is 1. The number of anilines is 1. The van der Waals surface area contributed by atoms with Crippen molar-refractivity contribution < 1.29 is 22.4 Å². The molecule has 1 amide bonds. The number of aromatic nitrogens is 1. The monoisotopic (exact) mass is 501 g/mol. The van der Waals surface area contributed by atoms with Crippen LogP contribution in [0.15, 0.2) is 52.9 Å². The summed E-state index contributed by atoms with van der Waals surface area (Å²) in [7, 11) is 0. The molecular weight excluding hydrogens is 479 g/mol. The maximum absolute atomic E-state index is 13.4. The SMILES string of the molecule is Cc1c(C(=O)NC2CCC(Nc3cc(C(F)(F)F)nc4ccc(Cl)cc34)CC2)oc2ccccc12. The number of nitrogens with zero attached hydrogens (tertiary/aromatic N) is 1. The van der Waals surface area contributed by atoms with E-state index in [1.165, 1.54) is 12.1 Å². The molecule has 4 aromatic rings. The molecule has 5 rings (SSSR count). The van der Waals surface area contributed by atoms with E-state index in [1.807, 2.05) is 31.2 Å². The fourth-order valence-electron chi connectivity index (χ4n) is 4.71. The van der Waals surface area contributed by atoms with E-state index in [0.29, 0.717) is 53.1 Å². The Morgan fingerprint density at radius 3 is 2.46 bits per heavy atom. The van der Waals surface area contributed by atoms with Gasteiger partial charge in [-0.1, -0.05) is 29.8 Å². The molecule has 1 aliphatic rings. The summed E-state index contributed by atoms with van der Waals surface area (Å²) in [5, 5.41) is 8.20. The molecule has 2 aromatic carbocycles. The minimum atomic E-state index is -4.55. The van der Waals surface area contributed by atoms with Gasteiger partial charge in [-0.3, -0.25) is 4.79 Å². The van der Waals surface area contributed by atoms with Crippen molar-refractivity contribution in [3.05, 3.63) is 70.6 Å². The number of furan rings is 1. The van der Waals surface area contributed by atoms with Crippen molar-refractivity contribution in [2.75, 3.05) is 5.32 Å². The maximum Gasteiger partial charge on any atom is 0.433 e. The molecule has 35 heavy (non-hydrogen) atoms. The molecular formula is C26H23ClF3N3O2. The number of alkyl halides is 3. The third kappa shape index (κ3) is 4.80. The zero-order valence-corrected chi connectivity index (χ0v) is 19.6. The Morgan fingerprint density at radius 2 is 1.74 bits per heavy atom. The van der Waals surface area contributed by atoms with E-state index in [9.17, 15) is 18.0 Å². The van der Waals surface area contributed by atoms with E-state index in [4.69, 9.17) is 16.0 Å². The molecule has 2 aromatic heterocycles. The Labute approximate surface area is 204 Å². The van der Waals surface area contributed by atoms with Gasteiger partial charge in [-0.2, -0.15) is 13.2 Å². The maximum atomic E-state index is 13.4. The van der Waals surface area contributed by atoms with E-state index in [1.54, 1.807) is 6.07 Å². The lowest BCUT2D eigenvalue weighted by molar-refractivity contribution is -0.140. The van der Waals surface area contributed by atoms with Crippen LogP contribution in [0.1, 0.15) is 47.5 Å². The predicted molar refractivity (Wildman–Crippen MR) is 130 cm³/mol. The van der Waals surface area contributed by atoms with Gasteiger partial charge in [-0.05, 0) is 62.9 Å². The van der Waals surface area contributed by atoms with Crippen LogP contribution in [0.2, 0.25) is 5.02 Å². The first-order chi connectivity index (χ1) is 16.7. The second kappa shape index (κ2) is 9.07. The van der Waals surface area contributed by atoms with E-state index < -0.39 is 11.9 Å². The Bertz CT molecular complexity index is 1410. The van der Waals surface area contributed by atoms with Gasteiger partial charge >= 0.3 is 6.18 Å². The molecule has 0 aliphatic heterocycles. The third-order valence-corrected chi connectivity index (χ3v) is 6.77. The molecule has 2 heterocycles. The van der Waals surface area contributed by atoms with Crippen LogP contribution in [0.3, 0.4) is 0 Å². The summed E-state index contributed by atoms with van der Waals surface area (Å²) < 4.78 is 46.0. The number of hydrogen-bond acceptors (Lipinski definition) is 4. The van der Waals surface area contributed by atoms with Crippen molar-refractivity contribution in [1.29, 1.82) is 0 Å². The number of benzene rings is 2. The van der Waals surface area contributed by atoms with Crippen LogP contribution in [-0.4, -0.2) is 23.0 Å². The van der Waals surface area contributed by atoms with E-state index in [0.717, 1.165) is 17.0 Å². The van der Waals surface area contributed by atoms with Gasteiger partial charge in [-0.25, -0.2) is 4.98 Å². The van der Waals surface area contributed by atoms with Crippen molar-refractivity contribution >= 4 is 45.1 Å². The van der Waals surface area contributed by atoms with Gasteiger partial charge in [0, 0.05) is 39.1 Å². The summed E-state index contributed by atoms with van der Waals surface area (Å²) in [6, 6.07) is 13.1. The molecule has 0 saturated heterocycles. The standard InChI is InChI=1S/C26H23ClF3N3O2/c1-14-18-4-2-3-5-22(18)35-24(14)25(34)32-17-9-7-16(8-10-17)31-21-13-23(26(28,29)30)33-20-11-6-15(27)12-19(20)21/h2-6,11-13,16-17H,7-10H2,1H3,(H,31,33)(H,32,34). The topological polar surface area (TPSA) is 67.2 Å². The molecule has 0 spiro atoms. The molecule has 0 unspecified atom stereocenters. The number of rotatable bonds is 4. The van der Waals surface area contributed by atoms with Gasteiger partial charge < -0.3 is 15.1 Å². The Hall–Kier alpha value is -3.26. The number of fused-ring (bicyclic) bond motifs is 2. The molecule has 1 aliphatic carbocycles. The average Bonchev–Trinajstić information content (AvgIpc) is 3.16. The van der Waals surface area contributed by atoms with Crippen LogP contribution in [0.4, 0.5) is 18.9 Å². The number of hydrogen-bond donors (Lipinski definition) is 2. The van der Waals surface area contributed by atoms with E-state index in [-0.39, 0.29) is 23.5 Å². The molecule has 1 fully saturated rings. The second-order valence-electron chi connectivity index (χ2n) is 8.93. The van der Waals surface area contributed by atoms with Crippen LogP contribution >= 0.6 is 11.6 Å². The van der Waals surface area contributed by atoms with Crippen molar-refractivity contribution in [3.63, 3.8) is 0 Å². The number of halogens is 4. The highest BCUT2D eigenvalue weighted by atomic mass is 35.5. The predicted octanol–water partition coefficient (Wildman–Crippen LogP) is 7.11. The normalized spacial score (nSPS) is 18.7. The average molecular weight is 502 g/mol. The van der Waals surface area contributed by atoms with Gasteiger partial charge in [0.15, 0.2) is 5.76 Å². The van der Waals surface area contributed by atoms with Crippen LogP contribution in [0, 0.1) is 6.92 Å². The Morgan fingerprint density at radius 1 is 1.03 bits per heavy atom. The van der Waals surface area contributed by atoms with Gasteiger partial charge in [0.1, 0.15) is 11.3 Å². The molecule has 2 N–H and O–H groups in total. The third-order valence-electron chi connectivity index (χ3n) is 6.53. The quantitative estimate of drug-likeness (QED) is 0.312. The van der Waals surface area contributed by atoms with Gasteiger partial charge in [0.2, 0.25) is 0 Å². The molecule has 0 atom stereocenters. The highest BCUT2D eigenvalue weighted by Gasteiger charge is 2.34. The van der Waals surface area contributed by atoms with E-state index in [2.05, 4.69) is 15.6 Å². The van der Waals surface area contributed by atoms with Crippen molar-refractivity contribution in [1.82, 2.24) is 10.3 Å². The van der Waals surface area contributed by atoms with Crippen LogP contribution in [0.25, 0.3) is 21.9 Å². The first-order valence-electron chi connectivity index (χ1n) is 11.4. The number of pyridine rings is 1. The number of carbonyl (C=O) groups is 1. The van der Waals surface area contributed by atoms with Crippen molar-refractivity contribution in [3.8, 4) is 0 Å². The fourth-order valence-corrected chi connectivity index (χ4v) is 4.88. The largest absolute Gasteiger partial charge is 0.451 e. The van der Waals surface area contributed by atoms with Crippen LogP contribution in [-0.2, 0) is 6.18 Å². The molecule has 9 heteroatoms. The minimum absolute atomic E-state index is 0.0393. The number of amides is 1. The number of aryl methyl sites for hydroxylation is 1.